The SMILES string of the molecule is CC1=CC[C@]2(C=O)C(=O)C=C(C)C(=O)[C@@H]2C1. The van der Waals surface area contributed by atoms with Crippen molar-refractivity contribution in [2.45, 2.75) is 26.7 Å². The van der Waals surface area contributed by atoms with Crippen LogP contribution < -0.4 is 0 Å². The molecule has 0 radical (unpaired) electrons. The van der Waals surface area contributed by atoms with Gasteiger partial charge < -0.3 is 4.79 Å². The quantitative estimate of drug-likeness (QED) is 0.382. The van der Waals surface area contributed by atoms with Crippen molar-refractivity contribution in [3.05, 3.63) is 23.3 Å². The lowest BCUT2D eigenvalue weighted by Gasteiger charge is -2.38. The predicted molar refractivity (Wildman–Crippen MR) is 58.7 cm³/mol. The van der Waals surface area contributed by atoms with Crippen LogP contribution in [0.5, 0.6) is 0 Å². The number of fused-ring (bicyclic) bond motifs is 1. The monoisotopic (exact) mass is 218 g/mol. The van der Waals surface area contributed by atoms with E-state index in [9.17, 15) is 14.4 Å². The van der Waals surface area contributed by atoms with E-state index in [0.29, 0.717) is 24.7 Å². The maximum absolute atomic E-state index is 12.0. The summed E-state index contributed by atoms with van der Waals surface area (Å²) in [5.74, 6) is -0.750. The molecule has 0 saturated carbocycles. The van der Waals surface area contributed by atoms with Crippen LogP contribution in [0.25, 0.3) is 0 Å². The number of carbonyl (C=O) groups is 3. The molecule has 2 atom stereocenters. The van der Waals surface area contributed by atoms with Crippen molar-refractivity contribution >= 4 is 17.9 Å². The molecule has 0 spiro atoms. The Kier molecular flexibility index (Phi) is 2.41. The second-order valence-corrected chi connectivity index (χ2v) is 4.73. The molecule has 0 aromatic carbocycles. The Balaban J connectivity index is 2.56. The Bertz CT molecular complexity index is 442. The molecule has 0 fully saturated rings. The number of Topliss-reactive ketones (excluding diaryl/α,β-unsaturated/α-hetero) is 1. The molecular weight excluding hydrogens is 204 g/mol. The molecule has 3 heteroatoms. The Morgan fingerprint density at radius 3 is 2.69 bits per heavy atom. The molecule has 2 rings (SSSR count). The van der Waals surface area contributed by atoms with E-state index in [2.05, 4.69) is 0 Å². The predicted octanol–water partition coefficient (Wildman–Crippen LogP) is 1.63. The van der Waals surface area contributed by atoms with E-state index in [-0.39, 0.29) is 11.6 Å². The summed E-state index contributed by atoms with van der Waals surface area (Å²) in [6.07, 6.45) is 4.77. The first kappa shape index (κ1) is 11.0. The number of rotatable bonds is 1. The minimum absolute atomic E-state index is 0.0563. The van der Waals surface area contributed by atoms with E-state index in [1.54, 1.807) is 6.92 Å². The lowest BCUT2D eigenvalue weighted by molar-refractivity contribution is -0.142. The van der Waals surface area contributed by atoms with Crippen molar-refractivity contribution in [1.29, 1.82) is 0 Å². The Morgan fingerprint density at radius 2 is 2.06 bits per heavy atom. The molecular formula is C13H14O3. The highest BCUT2D eigenvalue weighted by Crippen LogP contribution is 2.44. The summed E-state index contributed by atoms with van der Waals surface area (Å²) < 4.78 is 0. The Labute approximate surface area is 94.2 Å². The van der Waals surface area contributed by atoms with Crippen molar-refractivity contribution < 1.29 is 14.4 Å². The van der Waals surface area contributed by atoms with Gasteiger partial charge in [-0.2, -0.15) is 0 Å². The zero-order chi connectivity index (χ0) is 11.9. The number of allylic oxidation sites excluding steroid dienone is 4. The largest absolute Gasteiger partial charge is 0.302 e. The fourth-order valence-corrected chi connectivity index (χ4v) is 2.54. The molecule has 0 aliphatic heterocycles. The zero-order valence-corrected chi connectivity index (χ0v) is 9.45. The molecule has 16 heavy (non-hydrogen) atoms. The van der Waals surface area contributed by atoms with E-state index in [1.807, 2.05) is 13.0 Å². The molecule has 0 aromatic heterocycles. The van der Waals surface area contributed by atoms with E-state index in [1.165, 1.54) is 6.08 Å². The lowest BCUT2D eigenvalue weighted by Crippen LogP contribution is -2.48. The van der Waals surface area contributed by atoms with Gasteiger partial charge in [0.05, 0.1) is 0 Å². The van der Waals surface area contributed by atoms with Gasteiger partial charge in [-0.25, -0.2) is 0 Å². The summed E-state index contributed by atoms with van der Waals surface area (Å²) in [7, 11) is 0. The summed E-state index contributed by atoms with van der Waals surface area (Å²) in [5.41, 5.74) is 0.441. The average Bonchev–Trinajstić information content (AvgIpc) is 2.26. The first-order chi connectivity index (χ1) is 7.51. The molecule has 0 saturated heterocycles. The van der Waals surface area contributed by atoms with Gasteiger partial charge in [0, 0.05) is 5.92 Å². The van der Waals surface area contributed by atoms with Crippen LogP contribution in [0.2, 0.25) is 0 Å². The number of hydrogen-bond donors (Lipinski definition) is 0. The van der Waals surface area contributed by atoms with Gasteiger partial charge in [0.2, 0.25) is 0 Å². The van der Waals surface area contributed by atoms with Crippen molar-refractivity contribution in [1.82, 2.24) is 0 Å². The summed E-state index contributed by atoms with van der Waals surface area (Å²) in [4.78, 5) is 35.2. The van der Waals surface area contributed by atoms with Gasteiger partial charge in [-0.1, -0.05) is 11.6 Å². The number of hydrogen-bond acceptors (Lipinski definition) is 3. The number of aldehydes is 1. The van der Waals surface area contributed by atoms with Crippen molar-refractivity contribution in [3.63, 3.8) is 0 Å². The second-order valence-electron chi connectivity index (χ2n) is 4.73. The highest BCUT2D eigenvalue weighted by molar-refractivity contribution is 6.18. The standard InChI is InChI=1S/C13H14O3/c1-8-3-4-13(7-14)10(5-8)12(16)9(2)6-11(13)15/h3,6-7,10H,4-5H2,1-2H3/t10-,13+/m0/s1. The molecule has 0 aromatic rings. The summed E-state index contributed by atoms with van der Waals surface area (Å²) in [6.45, 7) is 3.57. The molecule has 3 nitrogen and oxygen atoms in total. The maximum atomic E-state index is 12.0. The van der Waals surface area contributed by atoms with E-state index < -0.39 is 11.3 Å². The van der Waals surface area contributed by atoms with E-state index in [0.717, 1.165) is 5.57 Å². The van der Waals surface area contributed by atoms with Gasteiger partial charge in [0.25, 0.3) is 0 Å². The lowest BCUT2D eigenvalue weighted by atomic mass is 9.60. The van der Waals surface area contributed by atoms with Gasteiger partial charge in [-0.05, 0) is 38.3 Å². The smallest absolute Gasteiger partial charge is 0.170 e. The molecule has 2 aliphatic rings. The third-order valence-electron chi connectivity index (χ3n) is 3.66. The van der Waals surface area contributed by atoms with Crippen LogP contribution in [0.4, 0.5) is 0 Å². The van der Waals surface area contributed by atoms with Crippen LogP contribution in [0.3, 0.4) is 0 Å². The fraction of sp³-hybridized carbons (Fsp3) is 0.462. The van der Waals surface area contributed by atoms with Crippen LogP contribution in [-0.4, -0.2) is 17.9 Å². The first-order valence-corrected chi connectivity index (χ1v) is 5.40. The minimum atomic E-state index is -1.11. The minimum Gasteiger partial charge on any atom is -0.302 e. The van der Waals surface area contributed by atoms with E-state index >= 15 is 0 Å². The van der Waals surface area contributed by atoms with Crippen LogP contribution in [0, 0.1) is 11.3 Å². The summed E-state index contributed by atoms with van der Waals surface area (Å²) in [6, 6.07) is 0. The van der Waals surface area contributed by atoms with Crippen LogP contribution in [0.1, 0.15) is 26.7 Å². The van der Waals surface area contributed by atoms with E-state index in [4.69, 9.17) is 0 Å². The molecule has 84 valence electrons. The molecule has 0 N–H and O–H groups in total. The molecule has 0 heterocycles. The summed E-state index contributed by atoms with van der Waals surface area (Å²) in [5, 5.41) is 0. The topological polar surface area (TPSA) is 51.2 Å². The van der Waals surface area contributed by atoms with Gasteiger partial charge in [0.1, 0.15) is 11.7 Å². The Morgan fingerprint density at radius 1 is 1.38 bits per heavy atom. The highest BCUT2D eigenvalue weighted by Gasteiger charge is 2.51. The average molecular weight is 218 g/mol. The maximum Gasteiger partial charge on any atom is 0.170 e. The van der Waals surface area contributed by atoms with Crippen molar-refractivity contribution in [3.8, 4) is 0 Å². The molecule has 2 aliphatic carbocycles. The number of carbonyl (C=O) groups excluding carboxylic acids is 3. The fourth-order valence-electron chi connectivity index (χ4n) is 2.54. The summed E-state index contributed by atoms with van der Waals surface area (Å²) >= 11 is 0. The normalized spacial score (nSPS) is 34.0. The first-order valence-electron chi connectivity index (χ1n) is 5.40. The van der Waals surface area contributed by atoms with Gasteiger partial charge in [0.15, 0.2) is 11.6 Å². The zero-order valence-electron chi connectivity index (χ0n) is 9.45. The van der Waals surface area contributed by atoms with Gasteiger partial charge in [-0.15, -0.1) is 0 Å². The Hall–Kier alpha value is -1.51. The van der Waals surface area contributed by atoms with Gasteiger partial charge in [-0.3, -0.25) is 9.59 Å². The van der Waals surface area contributed by atoms with Crippen LogP contribution in [0.15, 0.2) is 23.3 Å². The van der Waals surface area contributed by atoms with Crippen LogP contribution >= 0.6 is 0 Å². The number of ketones is 2. The van der Waals surface area contributed by atoms with Crippen molar-refractivity contribution in [2.75, 3.05) is 0 Å². The molecule has 0 unspecified atom stereocenters. The van der Waals surface area contributed by atoms with Gasteiger partial charge >= 0.3 is 0 Å². The van der Waals surface area contributed by atoms with Crippen molar-refractivity contribution in [2.24, 2.45) is 11.3 Å². The third-order valence-corrected chi connectivity index (χ3v) is 3.66. The molecule has 0 amide bonds. The molecule has 0 bridgehead atoms. The van der Waals surface area contributed by atoms with Crippen LogP contribution in [-0.2, 0) is 14.4 Å². The third kappa shape index (κ3) is 1.31. The highest BCUT2D eigenvalue weighted by atomic mass is 16.2. The second kappa shape index (κ2) is 3.51.